The number of sulfone groups is 1. The Balaban J connectivity index is 0.00000385. The van der Waals surface area contributed by atoms with Crippen LogP contribution in [0.1, 0.15) is 18.4 Å². The van der Waals surface area contributed by atoms with Crippen molar-refractivity contribution in [2.24, 2.45) is 0 Å². The molecule has 6 nitrogen and oxygen atoms in total. The molecule has 0 bridgehead atoms. The number of thiazole rings is 1. The Morgan fingerprint density at radius 2 is 1.73 bits per heavy atom. The Labute approximate surface area is 214 Å². The predicted octanol–water partition coefficient (Wildman–Crippen LogP) is 5.48. The largest absolute Gasteiger partial charge is 0.309 e. The van der Waals surface area contributed by atoms with E-state index >= 15 is 0 Å². The highest BCUT2D eigenvalue weighted by Gasteiger charge is 2.23. The van der Waals surface area contributed by atoms with Crippen LogP contribution in [-0.2, 0) is 14.6 Å². The van der Waals surface area contributed by atoms with E-state index in [0.29, 0.717) is 21.7 Å². The third-order valence-electron chi connectivity index (χ3n) is 4.92. The SMILES string of the molecule is Cc1cc(Cl)cc2sc(N(CCCN(C)C)C(=O)CCS(=O)(=O)c3ccc(Cl)cc3)nc12.Cl. The quantitative estimate of drug-likeness (QED) is 0.353. The summed E-state index contributed by atoms with van der Waals surface area (Å²) in [6, 6.07) is 9.63. The molecule has 0 aliphatic heterocycles. The molecule has 0 N–H and O–H groups in total. The van der Waals surface area contributed by atoms with E-state index < -0.39 is 9.84 Å². The lowest BCUT2D eigenvalue weighted by Crippen LogP contribution is -2.34. The Bertz CT molecular complexity index is 1210. The van der Waals surface area contributed by atoms with Crippen molar-refractivity contribution < 1.29 is 13.2 Å². The van der Waals surface area contributed by atoms with Gasteiger partial charge in [-0.3, -0.25) is 9.69 Å². The number of rotatable bonds is 9. The lowest BCUT2D eigenvalue weighted by Gasteiger charge is -2.21. The summed E-state index contributed by atoms with van der Waals surface area (Å²) in [5.41, 5.74) is 1.73. The molecule has 0 saturated heterocycles. The number of nitrogens with zero attached hydrogens (tertiary/aromatic N) is 3. The number of fused-ring (bicyclic) bond motifs is 1. The molecule has 0 saturated carbocycles. The van der Waals surface area contributed by atoms with Gasteiger partial charge >= 0.3 is 0 Å². The molecule has 3 rings (SSSR count). The van der Waals surface area contributed by atoms with Crippen LogP contribution >= 0.6 is 46.9 Å². The second-order valence-corrected chi connectivity index (χ2v) is 11.8. The van der Waals surface area contributed by atoms with Crippen LogP contribution < -0.4 is 4.90 Å². The standard InChI is InChI=1S/C22H25Cl2N3O3S2.ClH/c1-15-13-17(24)14-19-21(15)25-22(31-19)27(11-4-10-26(2)3)20(28)9-12-32(29,30)18-7-5-16(23)6-8-18;/h5-8,13-14H,4,9-12H2,1-3H3;1H. The van der Waals surface area contributed by atoms with Crippen molar-refractivity contribution in [3.8, 4) is 0 Å². The van der Waals surface area contributed by atoms with Crippen LogP contribution in [0.5, 0.6) is 0 Å². The maximum absolute atomic E-state index is 13.1. The predicted molar refractivity (Wildman–Crippen MR) is 140 cm³/mol. The van der Waals surface area contributed by atoms with Gasteiger partial charge in [0.1, 0.15) is 0 Å². The summed E-state index contributed by atoms with van der Waals surface area (Å²) in [7, 11) is 0.325. The molecule has 1 amide bonds. The van der Waals surface area contributed by atoms with Crippen LogP contribution in [0.4, 0.5) is 5.13 Å². The first-order chi connectivity index (χ1) is 15.1. The zero-order chi connectivity index (χ0) is 23.5. The van der Waals surface area contributed by atoms with E-state index in [0.717, 1.165) is 28.7 Å². The average Bonchev–Trinajstić information content (AvgIpc) is 3.13. The highest BCUT2D eigenvalue weighted by molar-refractivity contribution is 7.91. The summed E-state index contributed by atoms with van der Waals surface area (Å²) >= 11 is 13.4. The Kier molecular flexibility index (Phi) is 9.96. The summed E-state index contributed by atoms with van der Waals surface area (Å²) < 4.78 is 26.3. The minimum absolute atomic E-state index is 0. The molecule has 33 heavy (non-hydrogen) atoms. The second kappa shape index (κ2) is 11.8. The third-order valence-corrected chi connectivity index (χ3v) is 8.14. The van der Waals surface area contributed by atoms with Crippen molar-refractivity contribution in [2.45, 2.75) is 24.7 Å². The molecule has 1 aromatic heterocycles. The van der Waals surface area contributed by atoms with Crippen LogP contribution in [-0.4, -0.2) is 57.1 Å². The van der Waals surface area contributed by atoms with Crippen LogP contribution in [0.25, 0.3) is 10.2 Å². The summed E-state index contributed by atoms with van der Waals surface area (Å²) in [5, 5.41) is 1.63. The molecule has 1 heterocycles. The maximum Gasteiger partial charge on any atom is 0.229 e. The Morgan fingerprint density at radius 3 is 2.36 bits per heavy atom. The number of amides is 1. The van der Waals surface area contributed by atoms with Crippen LogP contribution in [0, 0.1) is 6.92 Å². The number of aromatic nitrogens is 1. The first kappa shape index (κ1) is 27.8. The summed E-state index contributed by atoms with van der Waals surface area (Å²) in [6.45, 7) is 3.17. The van der Waals surface area contributed by atoms with E-state index in [1.54, 1.807) is 4.90 Å². The molecule has 3 aromatic rings. The van der Waals surface area contributed by atoms with Crippen molar-refractivity contribution in [2.75, 3.05) is 37.8 Å². The van der Waals surface area contributed by atoms with Crippen molar-refractivity contribution in [1.82, 2.24) is 9.88 Å². The highest BCUT2D eigenvalue weighted by atomic mass is 35.5. The Hall–Kier alpha value is -1.42. The number of halogens is 3. The third kappa shape index (κ3) is 7.28. The molecule has 180 valence electrons. The smallest absolute Gasteiger partial charge is 0.229 e. The fourth-order valence-electron chi connectivity index (χ4n) is 3.25. The highest BCUT2D eigenvalue weighted by Crippen LogP contribution is 2.33. The van der Waals surface area contributed by atoms with Crippen molar-refractivity contribution >= 4 is 78.0 Å². The molecule has 0 unspecified atom stereocenters. The van der Waals surface area contributed by atoms with E-state index in [1.807, 2.05) is 38.1 Å². The zero-order valence-corrected chi connectivity index (χ0v) is 22.5. The second-order valence-electron chi connectivity index (χ2n) is 7.79. The first-order valence-corrected chi connectivity index (χ1v) is 13.3. The molecule has 0 aliphatic rings. The molecule has 0 spiro atoms. The van der Waals surface area contributed by atoms with Gasteiger partial charge in [-0.1, -0.05) is 34.5 Å². The van der Waals surface area contributed by atoms with Gasteiger partial charge in [-0.25, -0.2) is 13.4 Å². The van der Waals surface area contributed by atoms with E-state index in [-0.39, 0.29) is 35.4 Å². The lowest BCUT2D eigenvalue weighted by molar-refractivity contribution is -0.118. The summed E-state index contributed by atoms with van der Waals surface area (Å²) in [4.78, 5) is 21.6. The van der Waals surface area contributed by atoms with E-state index in [1.165, 1.54) is 35.6 Å². The number of aryl methyl sites for hydroxylation is 1. The molecular formula is C22H26Cl3N3O3S2. The average molecular weight is 551 g/mol. The lowest BCUT2D eigenvalue weighted by atomic mass is 10.2. The molecule has 11 heteroatoms. The van der Waals surface area contributed by atoms with Gasteiger partial charge in [0.2, 0.25) is 5.91 Å². The van der Waals surface area contributed by atoms with E-state index in [9.17, 15) is 13.2 Å². The number of hydrogen-bond donors (Lipinski definition) is 0. The topological polar surface area (TPSA) is 70.6 Å². The molecule has 0 fully saturated rings. The van der Waals surface area contributed by atoms with Gasteiger partial charge in [-0.05, 0) is 75.9 Å². The number of carbonyl (C=O) groups excluding carboxylic acids is 1. The van der Waals surface area contributed by atoms with Crippen molar-refractivity contribution in [3.63, 3.8) is 0 Å². The van der Waals surface area contributed by atoms with E-state index in [2.05, 4.69) is 4.98 Å². The molecular weight excluding hydrogens is 525 g/mol. The van der Waals surface area contributed by atoms with Gasteiger partial charge in [0.15, 0.2) is 15.0 Å². The zero-order valence-electron chi connectivity index (χ0n) is 18.5. The summed E-state index contributed by atoms with van der Waals surface area (Å²) in [6.07, 6.45) is 0.598. The van der Waals surface area contributed by atoms with Crippen LogP contribution in [0.15, 0.2) is 41.3 Å². The maximum atomic E-state index is 13.1. The summed E-state index contributed by atoms with van der Waals surface area (Å²) in [5.74, 6) is -0.558. The molecule has 0 aliphatic carbocycles. The number of benzene rings is 2. The molecule has 0 atom stereocenters. The fraction of sp³-hybridized carbons (Fsp3) is 0.364. The van der Waals surface area contributed by atoms with Gasteiger partial charge in [0.25, 0.3) is 0 Å². The van der Waals surface area contributed by atoms with Gasteiger partial charge in [-0.15, -0.1) is 12.4 Å². The van der Waals surface area contributed by atoms with Crippen molar-refractivity contribution in [1.29, 1.82) is 0 Å². The van der Waals surface area contributed by atoms with E-state index in [4.69, 9.17) is 23.2 Å². The molecule has 0 radical (unpaired) electrons. The monoisotopic (exact) mass is 549 g/mol. The molecule has 2 aromatic carbocycles. The van der Waals surface area contributed by atoms with Crippen molar-refractivity contribution in [3.05, 3.63) is 52.0 Å². The normalized spacial score (nSPS) is 11.6. The number of anilines is 1. The van der Waals surface area contributed by atoms with Crippen LogP contribution in [0.3, 0.4) is 0 Å². The van der Waals surface area contributed by atoms with Crippen LogP contribution in [0.2, 0.25) is 10.0 Å². The fourth-order valence-corrected chi connectivity index (χ4v) is 6.07. The first-order valence-electron chi connectivity index (χ1n) is 10.1. The Morgan fingerprint density at radius 1 is 1.06 bits per heavy atom. The van der Waals surface area contributed by atoms with Gasteiger partial charge < -0.3 is 4.90 Å². The van der Waals surface area contributed by atoms with Gasteiger partial charge in [0, 0.05) is 23.0 Å². The minimum Gasteiger partial charge on any atom is -0.309 e. The number of hydrogen-bond acceptors (Lipinski definition) is 6. The number of carbonyl (C=O) groups is 1. The van der Waals surface area contributed by atoms with Gasteiger partial charge in [0.05, 0.1) is 20.9 Å². The van der Waals surface area contributed by atoms with Gasteiger partial charge in [-0.2, -0.15) is 0 Å². The minimum atomic E-state index is -3.61.